The highest BCUT2D eigenvalue weighted by Crippen LogP contribution is 2.15. The van der Waals surface area contributed by atoms with Gasteiger partial charge in [-0.1, -0.05) is 17.9 Å². The Balaban J connectivity index is 2.11. The highest BCUT2D eigenvalue weighted by atomic mass is 19.1. The molecule has 0 spiro atoms. The van der Waals surface area contributed by atoms with Gasteiger partial charge in [0.05, 0.1) is 6.54 Å². The summed E-state index contributed by atoms with van der Waals surface area (Å²) in [7, 11) is 1.73. The molecule has 0 saturated carbocycles. The molecule has 1 fully saturated rings. The normalized spacial score (nSPS) is 14.6. The van der Waals surface area contributed by atoms with E-state index in [0.717, 1.165) is 0 Å². The molecule has 4 nitrogen and oxygen atoms in total. The predicted octanol–water partition coefficient (Wildman–Crippen LogP) is 1.04. The van der Waals surface area contributed by atoms with Gasteiger partial charge in [-0.2, -0.15) is 0 Å². The van der Waals surface area contributed by atoms with Crippen molar-refractivity contribution >= 4 is 6.03 Å². The molecule has 0 aromatic heterocycles. The molecule has 0 aliphatic carbocycles. The summed E-state index contributed by atoms with van der Waals surface area (Å²) in [5, 5.41) is 8.58. The Hall–Kier alpha value is -2.06. The summed E-state index contributed by atoms with van der Waals surface area (Å²) >= 11 is 0. The minimum Gasteiger partial charge on any atom is -0.384 e. The van der Waals surface area contributed by atoms with Gasteiger partial charge >= 0.3 is 6.03 Å². The van der Waals surface area contributed by atoms with Gasteiger partial charge in [-0.3, -0.25) is 0 Å². The summed E-state index contributed by atoms with van der Waals surface area (Å²) in [5.74, 6) is 4.73. The first kappa shape index (κ1) is 13.4. The van der Waals surface area contributed by atoms with E-state index in [-0.39, 0.29) is 25.0 Å². The fourth-order valence-corrected chi connectivity index (χ4v) is 1.95. The van der Waals surface area contributed by atoms with Crippen LogP contribution in [0.2, 0.25) is 0 Å². The van der Waals surface area contributed by atoms with Crippen molar-refractivity contribution in [3.05, 3.63) is 35.1 Å². The molecule has 2 amide bonds. The van der Waals surface area contributed by atoms with E-state index in [9.17, 15) is 9.18 Å². The number of carbonyl (C=O) groups excluding carboxylic acids is 1. The summed E-state index contributed by atoms with van der Waals surface area (Å²) in [6.45, 7) is 1.29. The van der Waals surface area contributed by atoms with Gasteiger partial charge in [0.2, 0.25) is 0 Å². The lowest BCUT2D eigenvalue weighted by Crippen LogP contribution is -2.29. The maximum Gasteiger partial charge on any atom is 0.320 e. The maximum absolute atomic E-state index is 13.9. The molecule has 1 heterocycles. The number of hydrogen-bond donors (Lipinski definition) is 1. The molecule has 1 aromatic rings. The lowest BCUT2D eigenvalue weighted by atomic mass is 10.1. The van der Waals surface area contributed by atoms with Gasteiger partial charge in [0, 0.05) is 31.3 Å². The second-order valence-electron chi connectivity index (χ2n) is 4.39. The van der Waals surface area contributed by atoms with Crippen LogP contribution in [0.4, 0.5) is 9.18 Å². The maximum atomic E-state index is 13.9. The third-order valence-electron chi connectivity index (χ3n) is 3.03. The summed E-state index contributed by atoms with van der Waals surface area (Å²) in [4.78, 5) is 14.9. The lowest BCUT2D eigenvalue weighted by Gasteiger charge is -2.16. The van der Waals surface area contributed by atoms with Crippen molar-refractivity contribution in [1.82, 2.24) is 9.80 Å². The molecule has 5 heteroatoms. The molecule has 1 N–H and O–H groups in total. The number of urea groups is 1. The highest BCUT2D eigenvalue weighted by Gasteiger charge is 2.25. The molecule has 1 saturated heterocycles. The fourth-order valence-electron chi connectivity index (χ4n) is 1.95. The van der Waals surface area contributed by atoms with E-state index in [1.54, 1.807) is 29.0 Å². The number of aliphatic hydroxyl groups is 1. The van der Waals surface area contributed by atoms with Crippen LogP contribution in [0.15, 0.2) is 18.2 Å². The van der Waals surface area contributed by atoms with Gasteiger partial charge < -0.3 is 14.9 Å². The Morgan fingerprint density at radius 3 is 2.79 bits per heavy atom. The number of hydrogen-bond acceptors (Lipinski definition) is 2. The Morgan fingerprint density at radius 1 is 1.42 bits per heavy atom. The van der Waals surface area contributed by atoms with Crippen molar-refractivity contribution in [3.63, 3.8) is 0 Å². The molecular formula is C14H15FN2O2. The van der Waals surface area contributed by atoms with E-state index in [1.165, 1.54) is 6.07 Å². The SMILES string of the molecule is CN1CCN(Cc2ccc(C#CCO)cc2F)C1=O. The minimum atomic E-state index is -0.382. The first-order valence-corrected chi connectivity index (χ1v) is 6.00. The second kappa shape index (κ2) is 5.72. The molecule has 1 aromatic carbocycles. The topological polar surface area (TPSA) is 43.8 Å². The second-order valence-corrected chi connectivity index (χ2v) is 4.39. The van der Waals surface area contributed by atoms with Crippen LogP contribution in [0, 0.1) is 17.7 Å². The summed E-state index contributed by atoms with van der Waals surface area (Å²) in [6.07, 6.45) is 0. The molecule has 19 heavy (non-hydrogen) atoms. The molecule has 0 unspecified atom stereocenters. The van der Waals surface area contributed by atoms with E-state index < -0.39 is 0 Å². The van der Waals surface area contributed by atoms with Crippen LogP contribution in [0.1, 0.15) is 11.1 Å². The molecule has 2 rings (SSSR count). The molecule has 1 aliphatic rings. The van der Waals surface area contributed by atoms with Crippen molar-refractivity contribution in [2.75, 3.05) is 26.7 Å². The van der Waals surface area contributed by atoms with Gasteiger partial charge in [-0.25, -0.2) is 9.18 Å². The van der Waals surface area contributed by atoms with Gasteiger partial charge in [0.25, 0.3) is 0 Å². The van der Waals surface area contributed by atoms with Crippen LogP contribution < -0.4 is 0 Å². The van der Waals surface area contributed by atoms with Gasteiger partial charge in [0.15, 0.2) is 0 Å². The largest absolute Gasteiger partial charge is 0.384 e. The van der Waals surface area contributed by atoms with Crippen molar-refractivity contribution in [1.29, 1.82) is 0 Å². The Bertz CT molecular complexity index is 548. The van der Waals surface area contributed by atoms with E-state index >= 15 is 0 Å². The van der Waals surface area contributed by atoms with Crippen LogP contribution in [-0.4, -0.2) is 47.7 Å². The highest BCUT2D eigenvalue weighted by molar-refractivity contribution is 5.76. The zero-order chi connectivity index (χ0) is 13.8. The van der Waals surface area contributed by atoms with E-state index in [1.807, 2.05) is 0 Å². The summed E-state index contributed by atoms with van der Waals surface area (Å²) in [5.41, 5.74) is 0.985. The van der Waals surface area contributed by atoms with Gasteiger partial charge in [0.1, 0.15) is 12.4 Å². The van der Waals surface area contributed by atoms with Crippen molar-refractivity contribution in [2.24, 2.45) is 0 Å². The molecular weight excluding hydrogens is 247 g/mol. The zero-order valence-corrected chi connectivity index (χ0v) is 10.7. The fraction of sp³-hybridized carbons (Fsp3) is 0.357. The average molecular weight is 262 g/mol. The predicted molar refractivity (Wildman–Crippen MR) is 68.8 cm³/mol. The summed E-state index contributed by atoms with van der Waals surface area (Å²) in [6, 6.07) is 4.55. The zero-order valence-electron chi connectivity index (χ0n) is 10.7. The standard InChI is InChI=1S/C14H15FN2O2/c1-16-6-7-17(14(16)19)10-12-5-4-11(3-2-8-18)9-13(12)15/h4-5,9,18H,6-8,10H2,1H3. The van der Waals surface area contributed by atoms with Crippen molar-refractivity contribution < 1.29 is 14.3 Å². The number of carbonyl (C=O) groups is 1. The molecule has 0 bridgehead atoms. The van der Waals surface area contributed by atoms with Gasteiger partial charge in [-0.15, -0.1) is 0 Å². The van der Waals surface area contributed by atoms with Crippen LogP contribution in [0.25, 0.3) is 0 Å². The molecule has 1 aliphatic heterocycles. The van der Waals surface area contributed by atoms with Crippen LogP contribution in [0.3, 0.4) is 0 Å². The van der Waals surface area contributed by atoms with E-state index in [4.69, 9.17) is 5.11 Å². The Kier molecular flexibility index (Phi) is 4.03. The smallest absolute Gasteiger partial charge is 0.320 e. The average Bonchev–Trinajstić information content (AvgIpc) is 2.71. The third kappa shape index (κ3) is 3.04. The Labute approximate surface area is 111 Å². The van der Waals surface area contributed by atoms with Crippen molar-refractivity contribution in [3.8, 4) is 11.8 Å². The van der Waals surface area contributed by atoms with Crippen molar-refractivity contribution in [2.45, 2.75) is 6.54 Å². The quantitative estimate of drug-likeness (QED) is 0.809. The monoisotopic (exact) mass is 262 g/mol. The third-order valence-corrected chi connectivity index (χ3v) is 3.03. The number of nitrogens with zero attached hydrogens (tertiary/aromatic N) is 2. The van der Waals surface area contributed by atoms with Crippen LogP contribution in [-0.2, 0) is 6.54 Å². The number of aliphatic hydroxyl groups excluding tert-OH is 1. The number of halogens is 1. The number of benzene rings is 1. The Morgan fingerprint density at radius 2 is 2.21 bits per heavy atom. The number of amides is 2. The minimum absolute atomic E-state index is 0.0800. The molecule has 100 valence electrons. The van der Waals surface area contributed by atoms with E-state index in [2.05, 4.69) is 11.8 Å². The van der Waals surface area contributed by atoms with Crippen LogP contribution in [0.5, 0.6) is 0 Å². The first-order chi connectivity index (χ1) is 9.11. The first-order valence-electron chi connectivity index (χ1n) is 6.00. The number of rotatable bonds is 2. The van der Waals surface area contributed by atoms with Crippen LogP contribution >= 0.6 is 0 Å². The van der Waals surface area contributed by atoms with Gasteiger partial charge in [-0.05, 0) is 12.1 Å². The summed E-state index contributed by atoms with van der Waals surface area (Å²) < 4.78 is 13.9. The number of likely N-dealkylation sites (N-methyl/N-ethyl adjacent to an activating group) is 1. The molecule has 0 atom stereocenters. The lowest BCUT2D eigenvalue weighted by molar-refractivity contribution is 0.196. The molecule has 0 radical (unpaired) electrons. The van der Waals surface area contributed by atoms with E-state index in [0.29, 0.717) is 24.2 Å².